The van der Waals surface area contributed by atoms with Crippen LogP contribution in [0, 0.1) is 35.5 Å². The molecule has 13 aromatic carbocycles. The molecular formula is C93H51N3O9. The average molecular weight is 1350 g/mol. The van der Waals surface area contributed by atoms with E-state index in [1.807, 2.05) is 91.0 Å². The lowest BCUT2D eigenvalue weighted by Crippen LogP contribution is -2.29. The number of fused-ring (bicyclic) bond motifs is 3. The molecule has 0 saturated heterocycles. The first-order chi connectivity index (χ1) is 51.2. The SMILES string of the molecule is O=C(c1ccc(-c2ccc(N3C(=O)c4ccc(C#Cc5ccccc5)cc4C3=O)cc2)cc1)c1cc(C(=O)c2ccc(-c3ccc(N4C(=O)c5ccc(C#Cc6ccccc6)cc5C4=O)cc3)cc2)cc(C(=O)c2ccc(-c3ccc(N4C(=O)c5ccc(C#Cc6ccccc6)cc5C4=O)cc3)cc2)c1. The first kappa shape index (κ1) is 64.6. The third kappa shape index (κ3) is 12.6. The molecule has 3 aliphatic heterocycles. The van der Waals surface area contributed by atoms with Gasteiger partial charge in [0.1, 0.15) is 0 Å². The summed E-state index contributed by atoms with van der Waals surface area (Å²) in [6.07, 6.45) is 0. The Morgan fingerprint density at radius 1 is 0.190 bits per heavy atom. The summed E-state index contributed by atoms with van der Waals surface area (Å²) in [5.41, 5.74) is 12.5. The number of benzene rings is 13. The molecule has 12 nitrogen and oxygen atoms in total. The average Bonchev–Trinajstić information content (AvgIpc) is 1.63. The fraction of sp³-hybridized carbons (Fsp3) is 0. The van der Waals surface area contributed by atoms with Gasteiger partial charge in [0.05, 0.1) is 50.4 Å². The lowest BCUT2D eigenvalue weighted by molar-refractivity contribution is 0.0910. The number of anilines is 3. The van der Waals surface area contributed by atoms with E-state index in [0.29, 0.717) is 33.8 Å². The van der Waals surface area contributed by atoms with Crippen molar-refractivity contribution in [2.24, 2.45) is 0 Å². The van der Waals surface area contributed by atoms with Crippen molar-refractivity contribution in [2.75, 3.05) is 14.7 Å². The Morgan fingerprint density at radius 2 is 0.400 bits per heavy atom. The summed E-state index contributed by atoms with van der Waals surface area (Å²) < 4.78 is 0. The van der Waals surface area contributed by atoms with Crippen LogP contribution < -0.4 is 14.7 Å². The van der Waals surface area contributed by atoms with Gasteiger partial charge >= 0.3 is 0 Å². The maximum Gasteiger partial charge on any atom is 0.266 e. The van der Waals surface area contributed by atoms with Crippen LogP contribution in [-0.4, -0.2) is 52.8 Å². The molecule has 0 aliphatic carbocycles. The van der Waals surface area contributed by atoms with Crippen LogP contribution in [0.1, 0.15) is 143 Å². The van der Waals surface area contributed by atoms with Gasteiger partial charge in [-0.15, -0.1) is 0 Å². The molecule has 0 spiro atoms. The van der Waals surface area contributed by atoms with Gasteiger partial charge in [0.25, 0.3) is 35.4 Å². The standard InChI is InChI=1S/C93H51N3O9/c97-85(70-31-25-64(26-32-70)67-37-43-76(44-38-67)94-88(100)79-49-22-61(52-82(79)91(94)103)19-16-58-10-4-1-5-11-58)73-55-74(86(98)71-33-27-65(28-34-71)68-39-45-77(46-40-68)95-89(101)80-50-23-62(53-83(80)92(95)104)20-17-59-12-6-2-7-13-59)57-75(56-73)87(99)72-35-29-66(30-36-72)69-41-47-78(48-42-69)96-90(102)81-51-24-63(54-84(81)93(96)105)21-18-60-14-8-3-9-15-60/h1-15,22-57H. The van der Waals surface area contributed by atoms with Crippen LogP contribution in [0.25, 0.3) is 33.4 Å². The number of amides is 6. The number of hydrogen-bond acceptors (Lipinski definition) is 9. The number of hydrogen-bond donors (Lipinski definition) is 0. The van der Waals surface area contributed by atoms with E-state index < -0.39 is 52.8 Å². The highest BCUT2D eigenvalue weighted by Gasteiger charge is 2.39. The Morgan fingerprint density at radius 3 is 0.638 bits per heavy atom. The van der Waals surface area contributed by atoms with Crippen molar-refractivity contribution in [3.05, 3.63) is 410 Å². The minimum absolute atomic E-state index is 0.0801. The Balaban J connectivity index is 0.641. The van der Waals surface area contributed by atoms with E-state index in [0.717, 1.165) is 64.8 Å². The van der Waals surface area contributed by atoms with Gasteiger partial charge in [0, 0.05) is 66.8 Å². The monoisotopic (exact) mass is 1350 g/mol. The number of ketones is 3. The molecule has 0 atom stereocenters. The molecule has 0 fully saturated rings. The van der Waals surface area contributed by atoms with Crippen molar-refractivity contribution in [3.63, 3.8) is 0 Å². The lowest BCUT2D eigenvalue weighted by Gasteiger charge is -2.15. The number of carbonyl (C=O) groups excluding carboxylic acids is 9. The van der Waals surface area contributed by atoms with Crippen molar-refractivity contribution < 1.29 is 43.2 Å². The highest BCUT2D eigenvalue weighted by Crippen LogP contribution is 2.36. The normalized spacial score (nSPS) is 12.5. The Kier molecular flexibility index (Phi) is 16.8. The molecule has 3 heterocycles. The summed E-state index contributed by atoms with van der Waals surface area (Å²) in [5, 5.41) is 0. The summed E-state index contributed by atoms with van der Waals surface area (Å²) in [7, 11) is 0. The molecule has 492 valence electrons. The van der Waals surface area contributed by atoms with Gasteiger partial charge in [-0.05, 0) is 179 Å². The molecule has 0 N–H and O–H groups in total. The smallest absolute Gasteiger partial charge is 0.266 e. The zero-order valence-electron chi connectivity index (χ0n) is 55.5. The summed E-state index contributed by atoms with van der Waals surface area (Å²) >= 11 is 0. The quantitative estimate of drug-likeness (QED) is 0.0658. The van der Waals surface area contributed by atoms with Gasteiger partial charge in [-0.2, -0.15) is 0 Å². The summed E-state index contributed by atoms with van der Waals surface area (Å²) in [6.45, 7) is 0. The molecule has 0 unspecified atom stereocenters. The van der Waals surface area contributed by atoms with Gasteiger partial charge in [-0.1, -0.05) is 199 Å². The van der Waals surface area contributed by atoms with E-state index in [2.05, 4.69) is 35.5 Å². The van der Waals surface area contributed by atoms with Crippen molar-refractivity contribution >= 4 is 69.9 Å². The lowest BCUT2D eigenvalue weighted by atomic mass is 9.91. The highest BCUT2D eigenvalue weighted by atomic mass is 16.2. The maximum atomic E-state index is 14.8. The molecule has 12 heteroatoms. The third-order valence-corrected chi connectivity index (χ3v) is 18.6. The minimum atomic E-state index is -0.462. The number of rotatable bonds is 12. The van der Waals surface area contributed by atoms with Crippen LogP contribution in [0.5, 0.6) is 0 Å². The van der Waals surface area contributed by atoms with E-state index in [-0.39, 0.29) is 66.8 Å². The number of nitrogens with zero attached hydrogens (tertiary/aromatic N) is 3. The van der Waals surface area contributed by atoms with E-state index in [1.165, 1.54) is 18.2 Å². The predicted octanol–water partition coefficient (Wildman–Crippen LogP) is 17.0. The summed E-state index contributed by atoms with van der Waals surface area (Å²) in [5.74, 6) is 14.4. The van der Waals surface area contributed by atoms with Crippen molar-refractivity contribution in [1.82, 2.24) is 0 Å². The van der Waals surface area contributed by atoms with Gasteiger partial charge in [-0.25, -0.2) is 14.7 Å². The Labute approximate surface area is 602 Å². The second-order valence-electron chi connectivity index (χ2n) is 25.1. The van der Waals surface area contributed by atoms with Crippen molar-refractivity contribution in [3.8, 4) is 68.9 Å². The zero-order valence-corrected chi connectivity index (χ0v) is 55.5. The van der Waals surface area contributed by atoms with E-state index in [9.17, 15) is 43.2 Å². The molecule has 0 bridgehead atoms. The molecule has 16 rings (SSSR count). The first-order valence-corrected chi connectivity index (χ1v) is 33.5. The molecular weight excluding hydrogens is 1300 g/mol. The fourth-order valence-corrected chi connectivity index (χ4v) is 13.0. The molecule has 0 radical (unpaired) electrons. The topological polar surface area (TPSA) is 163 Å². The van der Waals surface area contributed by atoms with Crippen LogP contribution in [0.15, 0.2) is 309 Å². The first-order valence-electron chi connectivity index (χ1n) is 33.5. The number of imide groups is 3. The minimum Gasteiger partial charge on any atom is -0.289 e. The van der Waals surface area contributed by atoms with Crippen LogP contribution in [0.3, 0.4) is 0 Å². The molecule has 105 heavy (non-hydrogen) atoms. The third-order valence-electron chi connectivity index (χ3n) is 18.6. The second-order valence-corrected chi connectivity index (χ2v) is 25.1. The van der Waals surface area contributed by atoms with Crippen LogP contribution >= 0.6 is 0 Å². The molecule has 6 amide bonds. The van der Waals surface area contributed by atoms with Gasteiger partial charge in [-0.3, -0.25) is 43.2 Å². The van der Waals surface area contributed by atoms with E-state index in [4.69, 9.17) is 0 Å². The summed E-state index contributed by atoms with van der Waals surface area (Å²) in [6, 6.07) is 89.1. The van der Waals surface area contributed by atoms with Crippen molar-refractivity contribution in [1.29, 1.82) is 0 Å². The van der Waals surface area contributed by atoms with Crippen LogP contribution in [-0.2, 0) is 0 Å². The highest BCUT2D eigenvalue weighted by molar-refractivity contribution is 6.36. The number of carbonyl (C=O) groups is 9. The Hall–Kier alpha value is -15.0. The van der Waals surface area contributed by atoms with Gasteiger partial charge in [0.15, 0.2) is 17.3 Å². The van der Waals surface area contributed by atoms with Crippen molar-refractivity contribution in [2.45, 2.75) is 0 Å². The van der Waals surface area contributed by atoms with E-state index in [1.54, 1.807) is 200 Å². The molecule has 0 aromatic heterocycles. The predicted molar refractivity (Wildman–Crippen MR) is 402 cm³/mol. The summed E-state index contributed by atoms with van der Waals surface area (Å²) in [4.78, 5) is 130. The van der Waals surface area contributed by atoms with E-state index >= 15 is 0 Å². The zero-order chi connectivity index (χ0) is 71.8. The molecule has 0 saturated carbocycles. The van der Waals surface area contributed by atoms with Crippen LogP contribution in [0.4, 0.5) is 17.1 Å². The fourth-order valence-electron chi connectivity index (χ4n) is 13.0. The largest absolute Gasteiger partial charge is 0.289 e. The molecule has 3 aliphatic rings. The van der Waals surface area contributed by atoms with Gasteiger partial charge < -0.3 is 0 Å². The maximum absolute atomic E-state index is 14.8. The van der Waals surface area contributed by atoms with Crippen LogP contribution in [0.2, 0.25) is 0 Å². The Bertz CT molecular complexity index is 5450. The second kappa shape index (κ2) is 27.2. The van der Waals surface area contributed by atoms with Gasteiger partial charge in [0.2, 0.25) is 0 Å². The molecule has 13 aromatic rings.